The van der Waals surface area contributed by atoms with Crippen LogP contribution in [0.2, 0.25) is 0 Å². The van der Waals surface area contributed by atoms with Crippen molar-refractivity contribution < 1.29 is 83.8 Å². The number of primary amides is 6. The molecule has 1 radical (unpaired) electrons. The van der Waals surface area contributed by atoms with Crippen LogP contribution in [0.15, 0.2) is 67.8 Å². The number of benzene rings is 1. The number of nitrogens with zero attached hydrogens (tertiary/aromatic N) is 6. The van der Waals surface area contributed by atoms with E-state index in [2.05, 4.69) is 21.2 Å². The van der Waals surface area contributed by atoms with Crippen molar-refractivity contribution >= 4 is 77.3 Å². The van der Waals surface area contributed by atoms with Gasteiger partial charge in [0.25, 0.3) is 7.82 Å². The minimum Gasteiger partial charge on any atom is -0.756 e. The number of hydrogen-bond acceptors (Lipinski definition) is 22. The van der Waals surface area contributed by atoms with Gasteiger partial charge in [0.2, 0.25) is 41.4 Å². The van der Waals surface area contributed by atoms with E-state index in [-0.39, 0.29) is 94.0 Å². The van der Waals surface area contributed by atoms with Gasteiger partial charge in [-0.05, 0) is 108 Å². The summed E-state index contributed by atoms with van der Waals surface area (Å²) in [5.74, 6) is -7.24. The number of nitrogens with one attached hydrogen (secondary N) is 3. The first-order valence-corrected chi connectivity index (χ1v) is 32.4. The number of aliphatic hydroxyl groups excluding tert-OH is 2. The average Bonchev–Trinajstić information content (AvgIpc) is 1.53. The van der Waals surface area contributed by atoms with Crippen molar-refractivity contribution in [2.24, 2.45) is 94.7 Å². The summed E-state index contributed by atoms with van der Waals surface area (Å²) < 4.78 is 31.9. The van der Waals surface area contributed by atoms with E-state index in [1.54, 1.807) is 0 Å². The molecule has 8 rings (SSSR count). The Bertz CT molecular complexity index is 3620. The number of aryl methyl sites for hydroxylation is 2. The standard InChI is InChI=1S/C62H90N13O14P.CN.Co.HNO/c1-29-20-39-40(21-30(29)2)75(28-70-39)57-52(84)53(41(27-76)87-57)89-90(85,86)88-31(3)26-69-49(83)18-19-59(8)37(22-46(66)80)56-62(11)61(10,25-48(68)82)36(14-17-45(65)79)51(74-62)33(5)55-60(9,24-47(67)81)34(12-15-43(63)77)38(71-55)23-42-58(6,7)35(13-16-44(64)78)50(72-42)32(4)54(59)73-56;1-2;;1-2/h20-21,23,28,31,34-37,41,52-53,56-57,71,76,84H,12-19,22,24-27H2,1-11H3,(H2,63,77)(H2,64,78)(H2,65,79)(H2,66,80)(H2,67,81)(H2,68,82)(H,69,83)(H,85,86);;;1H/q;-1;+2;/p-1/b38-23-,50-32-,55-33-;;;/t31-,34+,35+,36+,37-,41+,52+,53+,56+,57-,59+,60-,61-,62-;;;/m0.../s1. The predicted molar refractivity (Wildman–Crippen MR) is 342 cm³/mol. The van der Waals surface area contributed by atoms with E-state index in [0.717, 1.165) is 11.1 Å². The molecule has 6 aliphatic heterocycles. The molecular weight excluding hydrogens is 1300 g/mol. The molecule has 15 atom stereocenters. The Morgan fingerprint density at radius 3 is 1.96 bits per heavy atom. The topological polar surface area (TPSA) is 528 Å². The SMILES string of the molecule is C/C1=C2N=C(/C=C3\N/C(=C(/C)C4=N[C@@](C)([C@@H]5N=C1[C@](C)(CCC(=O)NC[C@H](C)OP(=O)([O-])O[C@H]1[C@@H](O)[C@@H](n6cnc7cc(C)c(C)cc76)O[C@@H]1CO)[C@H]5CC(N)=O)[C@@](C)(CC(N)=O)[C@@H]4CCC(N)=O)[C@@](C)(CC(N)=O)[C@@H]3CCC(N)=O)C(C)(C)[C@@H]/2CCC(N)=O.N=O.[C-]#N.[Co+2]. The van der Waals surface area contributed by atoms with Gasteiger partial charge in [0, 0.05) is 131 Å². The Morgan fingerprint density at radius 1 is 0.832 bits per heavy atom. The summed E-state index contributed by atoms with van der Waals surface area (Å²) in [6.45, 7) is 23.8. The van der Waals surface area contributed by atoms with E-state index in [1.807, 2.05) is 87.4 Å². The number of nitrogens with two attached hydrogens (primary N) is 6. The van der Waals surface area contributed by atoms with Crippen LogP contribution in [0.4, 0.5) is 0 Å². The molecule has 2 saturated heterocycles. The number of hydrogen-bond donors (Lipinski definition) is 11. The van der Waals surface area contributed by atoms with Gasteiger partial charge in [-0.2, -0.15) is 4.91 Å². The number of amides is 7. The quantitative estimate of drug-likeness (QED) is 0.0366. The zero-order valence-electron chi connectivity index (χ0n) is 55.4. The van der Waals surface area contributed by atoms with Crippen LogP contribution in [0, 0.1) is 81.5 Å². The second-order valence-electron chi connectivity index (χ2n) is 27.1. The fraction of sp³-hybridized carbons (Fsp3) is 0.619. The van der Waals surface area contributed by atoms with Crippen LogP contribution in [0.3, 0.4) is 0 Å². The maximum absolute atomic E-state index is 14.4. The fourth-order valence-corrected chi connectivity index (χ4v) is 16.6. The normalized spacial score (nSPS) is 32.5. The van der Waals surface area contributed by atoms with E-state index in [4.69, 9.17) is 79.9 Å². The number of rotatable bonds is 26. The fourth-order valence-electron chi connectivity index (χ4n) is 15.4. The largest absolute Gasteiger partial charge is 2.00 e. The summed E-state index contributed by atoms with van der Waals surface area (Å²) >= 11 is 0. The molecule has 1 aromatic heterocycles. The Labute approximate surface area is 562 Å². The molecule has 32 heteroatoms. The second kappa shape index (κ2) is 30.3. The molecule has 6 aliphatic rings. The third-order valence-electron chi connectivity index (χ3n) is 20.6. The van der Waals surface area contributed by atoms with Crippen molar-refractivity contribution in [1.29, 1.82) is 10.9 Å². The van der Waals surface area contributed by atoms with Gasteiger partial charge < -0.3 is 90.3 Å². The Morgan fingerprint density at radius 2 is 1.40 bits per heavy atom. The molecule has 521 valence electrons. The number of aromatic nitrogens is 2. The molecule has 0 spiro atoms. The van der Waals surface area contributed by atoms with Crippen LogP contribution < -0.4 is 49.9 Å². The number of aliphatic hydroxyl groups is 2. The van der Waals surface area contributed by atoms with Gasteiger partial charge in [-0.25, -0.2) is 4.98 Å². The first kappa shape index (κ1) is 78.3. The number of nitroso groups, excluding NO2 is 1. The van der Waals surface area contributed by atoms with Crippen molar-refractivity contribution in [3.63, 3.8) is 0 Å². The van der Waals surface area contributed by atoms with E-state index < -0.39 is 143 Å². The van der Waals surface area contributed by atoms with Crippen molar-refractivity contribution in [3.05, 3.63) is 75.4 Å². The van der Waals surface area contributed by atoms with Crippen LogP contribution >= 0.6 is 7.82 Å². The molecule has 0 saturated carbocycles. The zero-order valence-corrected chi connectivity index (χ0v) is 57.3. The van der Waals surface area contributed by atoms with Crippen LogP contribution in [-0.2, 0) is 68.7 Å². The van der Waals surface area contributed by atoms with Crippen LogP contribution in [0.1, 0.15) is 150 Å². The molecular formula is C63H90CoN15O15P. The third kappa shape index (κ3) is 15.6. The summed E-state index contributed by atoms with van der Waals surface area (Å²) in [6.07, 6.45) is -4.57. The first-order chi connectivity index (χ1) is 43.8. The molecule has 30 nitrogen and oxygen atoms in total. The van der Waals surface area contributed by atoms with Gasteiger partial charge in [-0.1, -0.05) is 40.2 Å². The smallest absolute Gasteiger partial charge is 0.756 e. The first-order valence-electron chi connectivity index (χ1n) is 31.0. The van der Waals surface area contributed by atoms with Gasteiger partial charge in [0.15, 0.2) is 6.23 Å². The molecule has 17 N–H and O–H groups in total. The molecule has 7 heterocycles. The van der Waals surface area contributed by atoms with Gasteiger partial charge in [0.05, 0.1) is 41.7 Å². The van der Waals surface area contributed by atoms with Crippen LogP contribution in [0.5, 0.6) is 0 Å². The summed E-state index contributed by atoms with van der Waals surface area (Å²) in [6, 6.07) is 2.67. The summed E-state index contributed by atoms with van der Waals surface area (Å²) in [5, 5.41) is 34.4. The molecule has 0 aliphatic carbocycles. The number of allylic oxidation sites excluding steroid dienone is 6. The number of carbonyl (C=O) groups excluding carboxylic acids is 7. The average molecular weight is 1390 g/mol. The molecule has 95 heavy (non-hydrogen) atoms. The van der Waals surface area contributed by atoms with Crippen molar-refractivity contribution in [2.75, 3.05) is 13.2 Å². The minimum atomic E-state index is -5.32. The van der Waals surface area contributed by atoms with Crippen molar-refractivity contribution in [1.82, 2.24) is 20.2 Å². The van der Waals surface area contributed by atoms with Gasteiger partial charge in [0.1, 0.15) is 18.3 Å². The molecule has 8 bridgehead atoms. The second-order valence-corrected chi connectivity index (χ2v) is 28.4. The van der Waals surface area contributed by atoms with Crippen LogP contribution in [-0.4, -0.2) is 127 Å². The Kier molecular flexibility index (Phi) is 25.0. The maximum atomic E-state index is 14.4. The number of imidazole rings is 1. The monoisotopic (exact) mass is 1390 g/mol. The van der Waals surface area contributed by atoms with Crippen molar-refractivity contribution in [2.45, 2.75) is 189 Å². The number of phosphoric acid groups is 1. The summed E-state index contributed by atoms with van der Waals surface area (Å²) in [7, 11) is -5.32. The number of phosphoric ester groups is 1. The van der Waals surface area contributed by atoms with Crippen molar-refractivity contribution in [3.8, 4) is 0 Å². The summed E-state index contributed by atoms with van der Waals surface area (Å²) in [4.78, 5) is 136. The van der Waals surface area contributed by atoms with Gasteiger partial charge in [-0.15, -0.1) is 0 Å². The third-order valence-corrected chi connectivity index (χ3v) is 21.7. The number of carbonyl (C=O) groups is 7. The number of fused-ring (bicyclic) bond motifs is 7. The summed E-state index contributed by atoms with van der Waals surface area (Å²) in [5.41, 5.74) is 41.7. The number of aliphatic imine (C=N–C) groups is 3. The molecule has 2 fully saturated rings. The minimum absolute atomic E-state index is 0. The molecule has 7 amide bonds. The van der Waals surface area contributed by atoms with Crippen LogP contribution in [0.25, 0.3) is 11.0 Å². The Hall–Kier alpha value is -7.40. The molecule has 1 aromatic carbocycles. The number of ether oxygens (including phenoxy) is 1. The Balaban J connectivity index is 0.00000320. The molecule has 1 unspecified atom stereocenters. The molecule has 2 aromatic rings. The van der Waals surface area contributed by atoms with E-state index in [0.29, 0.717) is 56.4 Å². The van der Waals surface area contributed by atoms with E-state index in [9.17, 15) is 53.2 Å². The zero-order chi connectivity index (χ0) is 70.7. The van der Waals surface area contributed by atoms with E-state index in [1.165, 1.54) is 17.8 Å². The maximum Gasteiger partial charge on any atom is 2.00 e. The van der Waals surface area contributed by atoms with Gasteiger partial charge in [-0.3, -0.25) is 53.1 Å². The van der Waals surface area contributed by atoms with E-state index >= 15 is 0 Å². The predicted octanol–water partition coefficient (Wildman–Crippen LogP) is 2.96. The van der Waals surface area contributed by atoms with Gasteiger partial charge >= 0.3 is 16.8 Å².